The summed E-state index contributed by atoms with van der Waals surface area (Å²) in [4.78, 5) is 26.4. The van der Waals surface area contributed by atoms with Gasteiger partial charge in [-0.25, -0.2) is 9.78 Å². The van der Waals surface area contributed by atoms with E-state index in [4.69, 9.17) is 4.74 Å². The highest BCUT2D eigenvalue weighted by atomic mass is 28.3. The van der Waals surface area contributed by atoms with Crippen LogP contribution in [0.25, 0.3) is 0 Å². The fourth-order valence-electron chi connectivity index (χ4n) is 1.37. The maximum atomic E-state index is 11.4. The van der Waals surface area contributed by atoms with Gasteiger partial charge in [0.25, 0.3) is 0 Å². The molecule has 0 spiro atoms. The fraction of sp³-hybridized carbons (Fsp3) is 0.462. The summed E-state index contributed by atoms with van der Waals surface area (Å²) in [7, 11) is 0.0952. The number of pyridine rings is 1. The van der Waals surface area contributed by atoms with Crippen molar-refractivity contribution in [2.24, 2.45) is 0 Å². The summed E-state index contributed by atoms with van der Waals surface area (Å²) in [6.45, 7) is 7.32. The lowest BCUT2D eigenvalue weighted by molar-refractivity contribution is 0.0597. The molecule has 0 bridgehead atoms. The van der Waals surface area contributed by atoms with E-state index in [-0.39, 0.29) is 11.1 Å². The Morgan fingerprint density at radius 1 is 1.42 bits per heavy atom. The topological polar surface area (TPSA) is 65.5 Å². The van der Waals surface area contributed by atoms with Crippen LogP contribution in [-0.4, -0.2) is 39.0 Å². The molecule has 0 atom stereocenters. The van der Waals surface area contributed by atoms with E-state index in [1.54, 1.807) is 0 Å². The van der Waals surface area contributed by atoms with Crippen LogP contribution in [0.5, 0.6) is 5.88 Å². The van der Waals surface area contributed by atoms with Gasteiger partial charge in [0.2, 0.25) is 5.88 Å². The van der Waals surface area contributed by atoms with Gasteiger partial charge < -0.3 is 9.47 Å². The van der Waals surface area contributed by atoms with Crippen molar-refractivity contribution in [3.8, 4) is 5.88 Å². The maximum Gasteiger partial charge on any atom is 0.340 e. The minimum absolute atomic E-state index is 0.148. The van der Waals surface area contributed by atoms with E-state index in [1.165, 1.54) is 19.4 Å². The quantitative estimate of drug-likeness (QED) is 0.455. The number of nitrogens with zero attached hydrogens (tertiary/aromatic N) is 1. The number of aldehydes is 1. The van der Waals surface area contributed by atoms with Crippen LogP contribution in [0.3, 0.4) is 0 Å². The average Bonchev–Trinajstić information content (AvgIpc) is 2.36. The molecule has 0 aromatic carbocycles. The normalized spacial score (nSPS) is 10.9. The van der Waals surface area contributed by atoms with Crippen LogP contribution in [-0.2, 0) is 4.74 Å². The monoisotopic (exact) mass is 281 g/mol. The summed E-state index contributed by atoms with van der Waals surface area (Å²) in [6, 6.07) is 2.47. The Hall–Kier alpha value is -1.69. The molecule has 0 amide bonds. The smallest absolute Gasteiger partial charge is 0.340 e. The zero-order chi connectivity index (χ0) is 14.5. The molecule has 1 aromatic heterocycles. The summed E-state index contributed by atoms with van der Waals surface area (Å²) >= 11 is 0. The summed E-state index contributed by atoms with van der Waals surface area (Å²) in [6.07, 6.45) is 1.90. The number of hydrogen-bond acceptors (Lipinski definition) is 5. The van der Waals surface area contributed by atoms with Crippen molar-refractivity contribution in [3.63, 3.8) is 0 Å². The Kier molecular flexibility index (Phi) is 5.23. The van der Waals surface area contributed by atoms with E-state index in [0.717, 1.165) is 6.04 Å². The van der Waals surface area contributed by atoms with Crippen LogP contribution in [0.15, 0.2) is 12.3 Å². The van der Waals surface area contributed by atoms with Crippen molar-refractivity contribution >= 4 is 20.3 Å². The maximum absolute atomic E-state index is 11.4. The van der Waals surface area contributed by atoms with Crippen molar-refractivity contribution in [1.29, 1.82) is 0 Å². The van der Waals surface area contributed by atoms with Crippen molar-refractivity contribution in [2.75, 3.05) is 13.7 Å². The van der Waals surface area contributed by atoms with E-state index in [1.807, 2.05) is 0 Å². The molecule has 0 aliphatic heterocycles. The molecule has 19 heavy (non-hydrogen) atoms. The third kappa shape index (κ3) is 4.82. The largest absolute Gasteiger partial charge is 0.478 e. The van der Waals surface area contributed by atoms with Gasteiger partial charge in [0.1, 0.15) is 0 Å². The molecule has 0 radical (unpaired) electrons. The highest BCUT2D eigenvalue weighted by molar-refractivity contribution is 6.76. The molecule has 1 heterocycles. The Balaban J connectivity index is 2.77. The minimum atomic E-state index is -1.16. The first-order chi connectivity index (χ1) is 8.87. The lowest BCUT2D eigenvalue weighted by Crippen LogP contribution is -2.22. The highest BCUT2D eigenvalue weighted by Crippen LogP contribution is 2.15. The SMILES string of the molecule is COC(=O)c1cnc(OCC[Si](C)(C)C)cc1C=O. The predicted octanol–water partition coefficient (Wildman–Crippen LogP) is 2.40. The van der Waals surface area contributed by atoms with Gasteiger partial charge in [0.15, 0.2) is 6.29 Å². The number of rotatable bonds is 6. The van der Waals surface area contributed by atoms with Gasteiger partial charge in [-0.3, -0.25) is 4.79 Å². The summed E-state index contributed by atoms with van der Waals surface area (Å²) < 4.78 is 10.1. The van der Waals surface area contributed by atoms with Crippen molar-refractivity contribution in [3.05, 3.63) is 23.4 Å². The van der Waals surface area contributed by atoms with E-state index in [9.17, 15) is 9.59 Å². The Bertz CT molecular complexity index is 468. The van der Waals surface area contributed by atoms with Crippen molar-refractivity contribution in [1.82, 2.24) is 4.98 Å². The molecule has 0 N–H and O–H groups in total. The Morgan fingerprint density at radius 3 is 2.63 bits per heavy atom. The molecule has 0 fully saturated rings. The van der Waals surface area contributed by atoms with E-state index in [2.05, 4.69) is 29.4 Å². The first-order valence-electron chi connectivity index (χ1n) is 6.04. The second kappa shape index (κ2) is 6.47. The Labute approximate surface area is 114 Å². The molecule has 0 saturated carbocycles. The molecule has 0 unspecified atom stereocenters. The number of carbonyl (C=O) groups excluding carboxylic acids is 2. The van der Waals surface area contributed by atoms with E-state index in [0.29, 0.717) is 18.8 Å². The summed E-state index contributed by atoms with van der Waals surface area (Å²) in [5, 5.41) is 0. The van der Waals surface area contributed by atoms with Gasteiger partial charge >= 0.3 is 5.97 Å². The lowest BCUT2D eigenvalue weighted by Gasteiger charge is -2.15. The summed E-state index contributed by atoms with van der Waals surface area (Å²) in [5.41, 5.74) is 0.375. The molecular weight excluding hydrogens is 262 g/mol. The lowest BCUT2D eigenvalue weighted by atomic mass is 10.1. The van der Waals surface area contributed by atoms with Gasteiger partial charge in [-0.05, 0) is 6.04 Å². The number of esters is 1. The minimum Gasteiger partial charge on any atom is -0.478 e. The van der Waals surface area contributed by atoms with Crippen molar-refractivity contribution < 1.29 is 19.1 Å². The highest BCUT2D eigenvalue weighted by Gasteiger charge is 2.15. The molecule has 104 valence electrons. The average molecular weight is 281 g/mol. The molecule has 5 nitrogen and oxygen atoms in total. The molecule has 0 aliphatic rings. The first-order valence-corrected chi connectivity index (χ1v) is 9.74. The van der Waals surface area contributed by atoms with Crippen LogP contribution in [0.1, 0.15) is 20.7 Å². The number of ether oxygens (including phenoxy) is 2. The van der Waals surface area contributed by atoms with E-state index >= 15 is 0 Å². The van der Waals surface area contributed by atoms with Gasteiger partial charge in [-0.15, -0.1) is 0 Å². The number of aromatic nitrogens is 1. The van der Waals surface area contributed by atoms with Crippen LogP contribution >= 0.6 is 0 Å². The molecule has 0 saturated heterocycles. The van der Waals surface area contributed by atoms with Gasteiger partial charge in [0.05, 0.1) is 19.3 Å². The first kappa shape index (κ1) is 15.4. The number of methoxy groups -OCH3 is 1. The third-order valence-electron chi connectivity index (χ3n) is 2.55. The standard InChI is InChI=1S/C13H19NO4Si/c1-17-13(16)11-8-14-12(7-10(11)9-15)18-5-6-19(2,3)4/h7-9H,5-6H2,1-4H3. The van der Waals surface area contributed by atoms with Crippen LogP contribution in [0.4, 0.5) is 0 Å². The fourth-order valence-corrected chi connectivity index (χ4v) is 2.08. The molecule has 6 heteroatoms. The second-order valence-electron chi connectivity index (χ2n) is 5.38. The molecule has 0 aliphatic carbocycles. The molecular formula is C13H19NO4Si. The second-order valence-corrected chi connectivity index (χ2v) is 11.0. The predicted molar refractivity (Wildman–Crippen MR) is 74.6 cm³/mol. The molecule has 1 aromatic rings. The molecule has 1 rings (SSSR count). The van der Waals surface area contributed by atoms with Crippen LogP contribution in [0.2, 0.25) is 25.7 Å². The third-order valence-corrected chi connectivity index (χ3v) is 4.25. The number of hydrogen-bond donors (Lipinski definition) is 0. The summed E-state index contributed by atoms with van der Waals surface area (Å²) in [5.74, 6) is -0.226. The Morgan fingerprint density at radius 2 is 2.11 bits per heavy atom. The van der Waals surface area contributed by atoms with E-state index < -0.39 is 14.0 Å². The van der Waals surface area contributed by atoms with Crippen molar-refractivity contribution in [2.45, 2.75) is 25.7 Å². The zero-order valence-electron chi connectivity index (χ0n) is 11.7. The zero-order valence-corrected chi connectivity index (χ0v) is 12.7. The van der Waals surface area contributed by atoms with Gasteiger partial charge in [0, 0.05) is 25.9 Å². The number of carbonyl (C=O) groups is 2. The van der Waals surface area contributed by atoms with Gasteiger partial charge in [-0.2, -0.15) is 0 Å². The van der Waals surface area contributed by atoms with Gasteiger partial charge in [-0.1, -0.05) is 19.6 Å². The van der Waals surface area contributed by atoms with Crippen LogP contribution in [0, 0.1) is 0 Å². The van der Waals surface area contributed by atoms with Crippen LogP contribution < -0.4 is 4.74 Å².